The molecule has 4 nitrogen and oxygen atoms in total. The van der Waals surface area contributed by atoms with Crippen LogP contribution in [0.2, 0.25) is 0 Å². The molecule has 5 atom stereocenters. The Morgan fingerprint density at radius 2 is 2.06 bits per heavy atom. The largest absolute Gasteiger partial charge is 0.481 e. The molecule has 102 valence electrons. The summed E-state index contributed by atoms with van der Waals surface area (Å²) in [5.41, 5.74) is 0. The van der Waals surface area contributed by atoms with E-state index in [-0.39, 0.29) is 5.92 Å². The average molecular weight is 253 g/mol. The molecule has 5 unspecified atom stereocenters. The van der Waals surface area contributed by atoms with Gasteiger partial charge in [0.05, 0.1) is 12.0 Å². The van der Waals surface area contributed by atoms with Crippen LogP contribution in [0.5, 0.6) is 0 Å². The van der Waals surface area contributed by atoms with Gasteiger partial charge in [-0.05, 0) is 38.5 Å². The Kier molecular flexibility index (Phi) is 3.32. The molecule has 0 saturated carbocycles. The molecule has 3 aliphatic rings. The van der Waals surface area contributed by atoms with Crippen molar-refractivity contribution in [1.29, 1.82) is 0 Å². The van der Waals surface area contributed by atoms with E-state index < -0.39 is 5.97 Å². The van der Waals surface area contributed by atoms with E-state index >= 15 is 0 Å². The van der Waals surface area contributed by atoms with Gasteiger partial charge in [0.15, 0.2) is 0 Å². The number of hydrogen-bond donors (Lipinski definition) is 1. The third-order valence-corrected chi connectivity index (χ3v) is 5.12. The monoisotopic (exact) mass is 253 g/mol. The van der Waals surface area contributed by atoms with Crippen LogP contribution in [-0.4, -0.2) is 46.8 Å². The zero-order valence-corrected chi connectivity index (χ0v) is 11.0. The first kappa shape index (κ1) is 12.4. The second kappa shape index (κ2) is 4.82. The molecule has 0 radical (unpaired) electrons. The Balaban J connectivity index is 1.71. The van der Waals surface area contributed by atoms with Crippen molar-refractivity contribution in [2.24, 2.45) is 5.92 Å². The topological polar surface area (TPSA) is 49.8 Å². The molecule has 0 amide bonds. The fraction of sp³-hybridized carbons (Fsp3) is 0.929. The summed E-state index contributed by atoms with van der Waals surface area (Å²) in [4.78, 5) is 13.8. The Hall–Kier alpha value is -0.610. The van der Waals surface area contributed by atoms with Crippen LogP contribution in [0.25, 0.3) is 0 Å². The van der Waals surface area contributed by atoms with E-state index in [4.69, 9.17) is 4.74 Å². The van der Waals surface area contributed by atoms with Gasteiger partial charge in [0.2, 0.25) is 0 Å². The van der Waals surface area contributed by atoms with Crippen LogP contribution in [0.15, 0.2) is 0 Å². The van der Waals surface area contributed by atoms with Gasteiger partial charge in [-0.2, -0.15) is 0 Å². The van der Waals surface area contributed by atoms with Crippen molar-refractivity contribution < 1.29 is 14.6 Å². The summed E-state index contributed by atoms with van der Waals surface area (Å²) in [6, 6.07) is 1.38. The number of fused-ring (bicyclic) bond motifs is 2. The van der Waals surface area contributed by atoms with E-state index in [1.54, 1.807) is 0 Å². The number of ether oxygens (including phenoxy) is 1. The van der Waals surface area contributed by atoms with Crippen molar-refractivity contribution >= 4 is 5.97 Å². The van der Waals surface area contributed by atoms with E-state index in [1.807, 2.05) is 0 Å². The molecule has 3 saturated heterocycles. The van der Waals surface area contributed by atoms with Crippen LogP contribution < -0.4 is 0 Å². The predicted molar refractivity (Wildman–Crippen MR) is 67.4 cm³/mol. The molecule has 1 N–H and O–H groups in total. The number of carboxylic acids is 1. The van der Waals surface area contributed by atoms with E-state index in [1.165, 1.54) is 6.42 Å². The van der Waals surface area contributed by atoms with Crippen LogP contribution >= 0.6 is 0 Å². The molecule has 3 rings (SSSR count). The van der Waals surface area contributed by atoms with Crippen LogP contribution in [0.1, 0.15) is 45.4 Å². The van der Waals surface area contributed by atoms with Gasteiger partial charge < -0.3 is 9.84 Å². The van der Waals surface area contributed by atoms with E-state index in [9.17, 15) is 9.90 Å². The molecular formula is C14H23NO3. The van der Waals surface area contributed by atoms with E-state index in [0.29, 0.717) is 24.2 Å². The van der Waals surface area contributed by atoms with Crippen LogP contribution in [0.4, 0.5) is 0 Å². The summed E-state index contributed by atoms with van der Waals surface area (Å²) in [5.74, 6) is -0.710. The van der Waals surface area contributed by atoms with Gasteiger partial charge in [0.25, 0.3) is 0 Å². The Morgan fingerprint density at radius 1 is 1.28 bits per heavy atom. The Bertz CT molecular complexity index is 333. The lowest BCUT2D eigenvalue weighted by atomic mass is 9.89. The third kappa shape index (κ3) is 1.95. The second-order valence-corrected chi connectivity index (χ2v) is 6.01. The number of aliphatic carboxylic acids is 1. The van der Waals surface area contributed by atoms with E-state index in [2.05, 4.69) is 11.8 Å². The lowest BCUT2D eigenvalue weighted by Gasteiger charge is -2.38. The fourth-order valence-corrected chi connectivity index (χ4v) is 4.28. The first-order valence-electron chi connectivity index (χ1n) is 7.32. The average Bonchev–Trinajstić information content (AvgIpc) is 2.96. The smallest absolute Gasteiger partial charge is 0.308 e. The van der Waals surface area contributed by atoms with Gasteiger partial charge in [0, 0.05) is 24.7 Å². The van der Waals surface area contributed by atoms with Crippen LogP contribution in [-0.2, 0) is 9.53 Å². The Labute approximate surface area is 108 Å². The van der Waals surface area contributed by atoms with Crippen molar-refractivity contribution in [2.75, 3.05) is 6.61 Å². The van der Waals surface area contributed by atoms with E-state index in [0.717, 1.165) is 38.7 Å². The molecule has 0 aromatic carbocycles. The fourth-order valence-electron chi connectivity index (χ4n) is 4.28. The minimum Gasteiger partial charge on any atom is -0.481 e. The standard InChI is InChI=1S/C14H23NO3/c1-2-11-7-10(5-6-18-11)15-9-3-4-13(15)12(8-9)14(16)17/h9-13H,2-8H2,1H3,(H,16,17). The Morgan fingerprint density at radius 3 is 2.72 bits per heavy atom. The first-order valence-corrected chi connectivity index (χ1v) is 7.32. The molecule has 0 aliphatic carbocycles. The van der Waals surface area contributed by atoms with Gasteiger partial charge in [-0.3, -0.25) is 9.69 Å². The number of carbonyl (C=O) groups is 1. The maximum atomic E-state index is 11.3. The van der Waals surface area contributed by atoms with Crippen LogP contribution in [0, 0.1) is 5.92 Å². The quantitative estimate of drug-likeness (QED) is 0.834. The number of rotatable bonds is 3. The van der Waals surface area contributed by atoms with Gasteiger partial charge in [-0.15, -0.1) is 0 Å². The SMILES string of the molecule is CCC1CC(N2C3CCC2C(C(=O)O)C3)CCO1. The summed E-state index contributed by atoms with van der Waals surface area (Å²) in [6.45, 7) is 3.02. The van der Waals surface area contributed by atoms with Crippen molar-refractivity contribution in [3.63, 3.8) is 0 Å². The van der Waals surface area contributed by atoms with Gasteiger partial charge in [-0.1, -0.05) is 6.92 Å². The van der Waals surface area contributed by atoms with Crippen molar-refractivity contribution in [3.05, 3.63) is 0 Å². The molecule has 3 fully saturated rings. The molecule has 0 spiro atoms. The zero-order valence-electron chi connectivity index (χ0n) is 11.0. The normalized spacial score (nSPS) is 44.4. The number of hydrogen-bond acceptors (Lipinski definition) is 3. The molecule has 3 heterocycles. The lowest BCUT2D eigenvalue weighted by molar-refractivity contribution is -0.142. The van der Waals surface area contributed by atoms with Gasteiger partial charge in [-0.25, -0.2) is 0 Å². The molecule has 0 aromatic rings. The second-order valence-electron chi connectivity index (χ2n) is 6.01. The van der Waals surface area contributed by atoms with Crippen molar-refractivity contribution in [2.45, 2.75) is 69.7 Å². The van der Waals surface area contributed by atoms with Crippen molar-refractivity contribution in [1.82, 2.24) is 4.90 Å². The summed E-state index contributed by atoms with van der Waals surface area (Å²) >= 11 is 0. The highest BCUT2D eigenvalue weighted by molar-refractivity contribution is 5.71. The van der Waals surface area contributed by atoms with Gasteiger partial charge in [0.1, 0.15) is 0 Å². The highest BCUT2D eigenvalue weighted by Gasteiger charge is 2.51. The van der Waals surface area contributed by atoms with Crippen LogP contribution in [0.3, 0.4) is 0 Å². The lowest BCUT2D eigenvalue weighted by Crippen LogP contribution is -2.45. The maximum Gasteiger partial charge on any atom is 0.308 e. The minimum absolute atomic E-state index is 0.119. The zero-order chi connectivity index (χ0) is 12.7. The summed E-state index contributed by atoms with van der Waals surface area (Å²) in [5, 5.41) is 9.30. The molecule has 18 heavy (non-hydrogen) atoms. The summed E-state index contributed by atoms with van der Waals surface area (Å²) in [6.07, 6.45) is 6.77. The summed E-state index contributed by atoms with van der Waals surface area (Å²) in [7, 11) is 0. The predicted octanol–water partition coefficient (Wildman–Crippen LogP) is 1.88. The highest BCUT2D eigenvalue weighted by Crippen LogP contribution is 2.45. The molecule has 3 aliphatic heterocycles. The van der Waals surface area contributed by atoms with Crippen molar-refractivity contribution in [3.8, 4) is 0 Å². The summed E-state index contributed by atoms with van der Waals surface area (Å²) < 4.78 is 5.74. The maximum absolute atomic E-state index is 11.3. The first-order chi connectivity index (χ1) is 8.70. The molecule has 2 bridgehead atoms. The minimum atomic E-state index is -0.591. The third-order valence-electron chi connectivity index (χ3n) is 5.12. The molecule has 0 aromatic heterocycles. The highest BCUT2D eigenvalue weighted by atomic mass is 16.5. The van der Waals surface area contributed by atoms with Gasteiger partial charge >= 0.3 is 5.97 Å². The molecular weight excluding hydrogens is 230 g/mol. The number of nitrogens with zero attached hydrogens (tertiary/aromatic N) is 1. The molecule has 4 heteroatoms. The number of carboxylic acid groups (broad SMARTS) is 1.